The van der Waals surface area contributed by atoms with Crippen molar-refractivity contribution in [2.75, 3.05) is 5.32 Å². The molecular weight excluding hydrogens is 324 g/mol. The van der Waals surface area contributed by atoms with Crippen molar-refractivity contribution in [2.24, 2.45) is 5.92 Å². The van der Waals surface area contributed by atoms with Gasteiger partial charge in [-0.15, -0.1) is 0 Å². The number of aliphatic carboxylic acids is 1. The van der Waals surface area contributed by atoms with Crippen LogP contribution in [0.5, 0.6) is 0 Å². The number of carboxylic acids is 1. The number of amides is 2. The van der Waals surface area contributed by atoms with Gasteiger partial charge in [0.1, 0.15) is 6.04 Å². The van der Waals surface area contributed by atoms with Crippen molar-refractivity contribution in [1.29, 1.82) is 0 Å². The van der Waals surface area contributed by atoms with Gasteiger partial charge in [-0.2, -0.15) is 0 Å². The van der Waals surface area contributed by atoms with Gasteiger partial charge in [-0.1, -0.05) is 32.4 Å². The van der Waals surface area contributed by atoms with E-state index in [2.05, 4.69) is 26.6 Å². The fourth-order valence-electron chi connectivity index (χ4n) is 1.73. The number of benzene rings is 1. The van der Waals surface area contributed by atoms with Gasteiger partial charge in [0, 0.05) is 4.47 Å². The van der Waals surface area contributed by atoms with Crippen LogP contribution >= 0.6 is 15.9 Å². The highest BCUT2D eigenvalue weighted by atomic mass is 79.9. The Hall–Kier alpha value is -1.56. The molecule has 110 valence electrons. The predicted molar refractivity (Wildman–Crippen MR) is 81.9 cm³/mol. The maximum atomic E-state index is 11.9. The second kappa shape index (κ2) is 7.28. The predicted octanol–water partition coefficient (Wildman–Crippen LogP) is 3.38. The molecule has 6 heteroatoms. The van der Waals surface area contributed by atoms with Gasteiger partial charge in [0.15, 0.2) is 0 Å². The van der Waals surface area contributed by atoms with Gasteiger partial charge in [0.2, 0.25) is 0 Å². The third-order valence-corrected chi connectivity index (χ3v) is 4.26. The molecule has 5 nitrogen and oxygen atoms in total. The summed E-state index contributed by atoms with van der Waals surface area (Å²) < 4.78 is 0.783. The molecule has 0 aliphatic carbocycles. The summed E-state index contributed by atoms with van der Waals surface area (Å²) in [6.07, 6.45) is 0.672. The summed E-state index contributed by atoms with van der Waals surface area (Å²) >= 11 is 3.39. The molecule has 0 radical (unpaired) electrons. The molecule has 1 aromatic carbocycles. The topological polar surface area (TPSA) is 78.4 Å². The lowest BCUT2D eigenvalue weighted by atomic mass is 9.99. The van der Waals surface area contributed by atoms with Crippen LogP contribution in [-0.2, 0) is 4.79 Å². The van der Waals surface area contributed by atoms with Crippen LogP contribution in [0.2, 0.25) is 0 Å². The molecule has 1 unspecified atom stereocenters. The van der Waals surface area contributed by atoms with Crippen molar-refractivity contribution >= 4 is 33.6 Å². The molecule has 1 aromatic rings. The zero-order valence-electron chi connectivity index (χ0n) is 11.7. The number of carbonyl (C=O) groups is 2. The lowest BCUT2D eigenvalue weighted by Gasteiger charge is -2.20. The first kappa shape index (κ1) is 16.5. The van der Waals surface area contributed by atoms with Crippen LogP contribution in [0, 0.1) is 12.8 Å². The summed E-state index contributed by atoms with van der Waals surface area (Å²) in [7, 11) is 0. The van der Waals surface area contributed by atoms with Crippen molar-refractivity contribution in [3.8, 4) is 0 Å². The summed E-state index contributed by atoms with van der Waals surface area (Å²) in [5.41, 5.74) is 1.59. The lowest BCUT2D eigenvalue weighted by Crippen LogP contribution is -2.46. The molecule has 20 heavy (non-hydrogen) atoms. The molecule has 0 aliphatic rings. The monoisotopic (exact) mass is 342 g/mol. The highest BCUT2D eigenvalue weighted by Crippen LogP contribution is 2.25. The van der Waals surface area contributed by atoms with Gasteiger partial charge in [0.25, 0.3) is 0 Å². The van der Waals surface area contributed by atoms with E-state index in [0.29, 0.717) is 12.1 Å². The zero-order chi connectivity index (χ0) is 15.3. The molecule has 0 aliphatic heterocycles. The first-order valence-corrected chi connectivity index (χ1v) is 7.21. The van der Waals surface area contributed by atoms with Crippen LogP contribution in [0.4, 0.5) is 10.5 Å². The SMILES string of the molecule is CCC(C)[C@H](NC(=O)Nc1cccc(C)c1Br)C(=O)O. The maximum Gasteiger partial charge on any atom is 0.326 e. The largest absolute Gasteiger partial charge is 0.480 e. The van der Waals surface area contributed by atoms with E-state index in [1.807, 2.05) is 26.0 Å². The number of hydrogen-bond acceptors (Lipinski definition) is 2. The molecule has 0 saturated carbocycles. The van der Waals surface area contributed by atoms with Crippen LogP contribution in [0.1, 0.15) is 25.8 Å². The number of urea groups is 1. The number of carboxylic acid groups (broad SMARTS) is 1. The van der Waals surface area contributed by atoms with E-state index in [4.69, 9.17) is 5.11 Å². The van der Waals surface area contributed by atoms with Gasteiger partial charge in [-0.05, 0) is 40.4 Å². The Labute approximate surface area is 126 Å². The van der Waals surface area contributed by atoms with Crippen LogP contribution in [0.3, 0.4) is 0 Å². The second-order valence-corrected chi connectivity index (χ2v) is 5.53. The van der Waals surface area contributed by atoms with Crippen molar-refractivity contribution in [3.05, 3.63) is 28.2 Å². The summed E-state index contributed by atoms with van der Waals surface area (Å²) in [5.74, 6) is -1.17. The minimum atomic E-state index is -1.03. The Morgan fingerprint density at radius 2 is 2.05 bits per heavy atom. The normalized spacial score (nSPS) is 13.4. The van der Waals surface area contributed by atoms with E-state index in [-0.39, 0.29) is 5.92 Å². The van der Waals surface area contributed by atoms with Crippen molar-refractivity contribution in [1.82, 2.24) is 5.32 Å². The Balaban J connectivity index is 2.76. The first-order valence-electron chi connectivity index (χ1n) is 6.42. The van der Waals surface area contributed by atoms with Crippen LogP contribution in [-0.4, -0.2) is 23.1 Å². The third kappa shape index (κ3) is 4.23. The standard InChI is InChI=1S/C14H19BrN2O3/c1-4-8(2)12(13(18)19)17-14(20)16-10-7-5-6-9(3)11(10)15/h5-8,12H,4H2,1-3H3,(H,18,19)(H2,16,17,20)/t8?,12-/m0/s1. The summed E-state index contributed by atoms with van der Waals surface area (Å²) in [4.78, 5) is 23.1. The third-order valence-electron chi connectivity index (χ3n) is 3.21. The van der Waals surface area contributed by atoms with Crippen LogP contribution in [0.25, 0.3) is 0 Å². The van der Waals surface area contributed by atoms with E-state index >= 15 is 0 Å². The number of rotatable bonds is 5. The molecule has 0 aromatic heterocycles. The highest BCUT2D eigenvalue weighted by Gasteiger charge is 2.25. The average molecular weight is 343 g/mol. The summed E-state index contributed by atoms with van der Waals surface area (Å²) in [6.45, 7) is 5.59. The molecule has 0 saturated heterocycles. The Morgan fingerprint density at radius 1 is 1.40 bits per heavy atom. The molecule has 0 spiro atoms. The average Bonchev–Trinajstić information content (AvgIpc) is 2.40. The molecule has 3 N–H and O–H groups in total. The molecule has 2 amide bonds. The minimum absolute atomic E-state index is 0.140. The highest BCUT2D eigenvalue weighted by molar-refractivity contribution is 9.10. The second-order valence-electron chi connectivity index (χ2n) is 4.74. The lowest BCUT2D eigenvalue weighted by molar-refractivity contribution is -0.140. The van der Waals surface area contributed by atoms with E-state index in [1.165, 1.54) is 0 Å². The number of halogens is 1. The van der Waals surface area contributed by atoms with Crippen LogP contribution < -0.4 is 10.6 Å². The van der Waals surface area contributed by atoms with Gasteiger partial charge in [-0.25, -0.2) is 9.59 Å². The molecule has 0 heterocycles. The van der Waals surface area contributed by atoms with Gasteiger partial charge < -0.3 is 15.7 Å². The van der Waals surface area contributed by atoms with Crippen molar-refractivity contribution in [3.63, 3.8) is 0 Å². The fourth-order valence-corrected chi connectivity index (χ4v) is 2.09. The van der Waals surface area contributed by atoms with Crippen LogP contribution in [0.15, 0.2) is 22.7 Å². The maximum absolute atomic E-state index is 11.9. The number of anilines is 1. The summed E-state index contributed by atoms with van der Waals surface area (Å²) in [5, 5.41) is 14.3. The Bertz CT molecular complexity index is 505. The smallest absolute Gasteiger partial charge is 0.326 e. The number of nitrogens with one attached hydrogen (secondary N) is 2. The fraction of sp³-hybridized carbons (Fsp3) is 0.429. The van der Waals surface area contributed by atoms with E-state index in [1.54, 1.807) is 13.0 Å². The minimum Gasteiger partial charge on any atom is -0.480 e. The quantitative estimate of drug-likeness (QED) is 0.767. The molecule has 1 rings (SSSR count). The van der Waals surface area contributed by atoms with E-state index < -0.39 is 18.0 Å². The first-order chi connectivity index (χ1) is 9.36. The van der Waals surface area contributed by atoms with Gasteiger partial charge in [-0.3, -0.25) is 0 Å². The Kier molecular flexibility index (Phi) is 6.01. The van der Waals surface area contributed by atoms with Gasteiger partial charge >= 0.3 is 12.0 Å². The summed E-state index contributed by atoms with van der Waals surface area (Å²) in [6, 6.07) is 4.05. The van der Waals surface area contributed by atoms with Crippen molar-refractivity contribution in [2.45, 2.75) is 33.2 Å². The molecule has 2 atom stereocenters. The molecule has 0 bridgehead atoms. The molecule has 0 fully saturated rings. The van der Waals surface area contributed by atoms with E-state index in [0.717, 1.165) is 10.0 Å². The van der Waals surface area contributed by atoms with E-state index in [9.17, 15) is 9.59 Å². The Morgan fingerprint density at radius 3 is 2.60 bits per heavy atom. The van der Waals surface area contributed by atoms with Gasteiger partial charge in [0.05, 0.1) is 5.69 Å². The number of carbonyl (C=O) groups excluding carboxylic acids is 1. The zero-order valence-corrected chi connectivity index (χ0v) is 13.3. The van der Waals surface area contributed by atoms with Crippen molar-refractivity contribution < 1.29 is 14.7 Å². The number of aryl methyl sites for hydroxylation is 1. The molecular formula is C14H19BrN2O3. The number of hydrogen-bond donors (Lipinski definition) is 3.